The summed E-state index contributed by atoms with van der Waals surface area (Å²) in [6.45, 7) is 0. The van der Waals surface area contributed by atoms with Crippen LogP contribution in [0.25, 0.3) is 0 Å². The number of esters is 1. The number of nitrogens with one attached hydrogen (secondary N) is 1. The Kier molecular flexibility index (Phi) is 4.29. The summed E-state index contributed by atoms with van der Waals surface area (Å²) in [6, 6.07) is 14.8. The van der Waals surface area contributed by atoms with E-state index in [1.54, 1.807) is 30.3 Å². The summed E-state index contributed by atoms with van der Waals surface area (Å²) < 4.78 is 5.28. The topological polar surface area (TPSA) is 95.5 Å². The molecule has 0 unspecified atom stereocenters. The van der Waals surface area contributed by atoms with Crippen molar-refractivity contribution in [1.29, 1.82) is 0 Å². The Balaban J connectivity index is 1.79. The van der Waals surface area contributed by atoms with Crippen LogP contribution in [-0.4, -0.2) is 17.8 Å². The van der Waals surface area contributed by atoms with Gasteiger partial charge in [0, 0.05) is 5.69 Å². The van der Waals surface area contributed by atoms with Crippen molar-refractivity contribution < 1.29 is 24.2 Å². The molecule has 122 valence electrons. The molecule has 1 heterocycles. The lowest BCUT2D eigenvalue weighted by atomic mass is 9.94. The molecule has 2 aromatic carbocycles. The normalized spacial score (nSPS) is 19.6. The van der Waals surface area contributed by atoms with Gasteiger partial charge in [-0.1, -0.05) is 42.5 Å². The second kappa shape index (κ2) is 6.54. The van der Waals surface area contributed by atoms with Crippen molar-refractivity contribution in [3.8, 4) is 0 Å². The number of cyclic esters (lactones) is 1. The zero-order valence-electron chi connectivity index (χ0n) is 12.6. The number of anilines is 1. The number of amides is 1. The smallest absolute Gasteiger partial charge is 0.307 e. The monoisotopic (exact) mass is 324 g/mol. The molecule has 0 radical (unpaired) electrons. The molecule has 24 heavy (non-hydrogen) atoms. The fourth-order valence-corrected chi connectivity index (χ4v) is 2.69. The van der Waals surface area contributed by atoms with Gasteiger partial charge in [0.1, 0.15) is 6.10 Å². The van der Waals surface area contributed by atoms with Gasteiger partial charge in [0.15, 0.2) is 0 Å². The summed E-state index contributed by atoms with van der Waals surface area (Å²) in [5.74, 6) is -2.84. The highest BCUT2D eigenvalue weighted by molar-refractivity contribution is 5.97. The molecule has 0 aromatic heterocycles. The Morgan fingerprint density at radius 1 is 1.08 bits per heavy atom. The number of carbonyl (C=O) groups excluding carboxylic acids is 3. The molecule has 2 aromatic rings. The van der Waals surface area contributed by atoms with E-state index in [-0.39, 0.29) is 12.0 Å². The highest BCUT2D eigenvalue weighted by atomic mass is 16.6. The molecule has 6 heteroatoms. The third-order valence-electron chi connectivity index (χ3n) is 3.84. The minimum atomic E-state index is -1.33. The number of ether oxygens (including phenoxy) is 1. The van der Waals surface area contributed by atoms with Gasteiger partial charge in [0.05, 0.1) is 18.3 Å². The van der Waals surface area contributed by atoms with Crippen molar-refractivity contribution in [2.45, 2.75) is 12.5 Å². The largest absolute Gasteiger partial charge is 0.545 e. The molecule has 6 nitrogen and oxygen atoms in total. The van der Waals surface area contributed by atoms with Crippen LogP contribution in [0.1, 0.15) is 28.4 Å². The Labute approximate surface area is 138 Å². The van der Waals surface area contributed by atoms with Crippen LogP contribution >= 0.6 is 0 Å². The number of hydrogen-bond donors (Lipinski definition) is 1. The van der Waals surface area contributed by atoms with Crippen molar-refractivity contribution in [1.82, 2.24) is 0 Å². The number of carboxylic acids is 1. The van der Waals surface area contributed by atoms with Crippen molar-refractivity contribution in [2.24, 2.45) is 5.92 Å². The van der Waals surface area contributed by atoms with Crippen LogP contribution in [0, 0.1) is 5.92 Å². The lowest BCUT2D eigenvalue weighted by Gasteiger charge is -2.18. The van der Waals surface area contributed by atoms with Gasteiger partial charge in [-0.15, -0.1) is 0 Å². The van der Waals surface area contributed by atoms with Gasteiger partial charge in [0.25, 0.3) is 0 Å². The van der Waals surface area contributed by atoms with Gasteiger partial charge in [-0.05, 0) is 23.3 Å². The van der Waals surface area contributed by atoms with Gasteiger partial charge in [-0.3, -0.25) is 9.59 Å². The summed E-state index contributed by atoms with van der Waals surface area (Å²) in [5, 5.41) is 13.5. The van der Waals surface area contributed by atoms with E-state index in [4.69, 9.17) is 4.74 Å². The second-order valence-electron chi connectivity index (χ2n) is 5.49. The lowest BCUT2D eigenvalue weighted by Crippen LogP contribution is -2.26. The molecule has 0 bridgehead atoms. The quantitative estimate of drug-likeness (QED) is 0.855. The number of carboxylic acid groups (broad SMARTS) is 1. The third kappa shape index (κ3) is 3.27. The molecular weight excluding hydrogens is 310 g/mol. The SMILES string of the molecule is O=C1C[C@H](C(=O)Nc2cccc(C(=O)[O-])c2)[C@@H](c2ccccc2)O1. The van der Waals surface area contributed by atoms with Crippen LogP contribution in [0.15, 0.2) is 54.6 Å². The lowest BCUT2D eigenvalue weighted by molar-refractivity contribution is -0.255. The fraction of sp³-hybridized carbons (Fsp3) is 0.167. The van der Waals surface area contributed by atoms with Gasteiger partial charge >= 0.3 is 5.97 Å². The molecule has 1 aliphatic heterocycles. The first-order valence-corrected chi connectivity index (χ1v) is 7.41. The van der Waals surface area contributed by atoms with Crippen LogP contribution in [0.3, 0.4) is 0 Å². The zero-order chi connectivity index (χ0) is 17.1. The molecule has 1 amide bonds. The predicted octanol–water partition coefficient (Wildman–Crippen LogP) is 1.29. The van der Waals surface area contributed by atoms with E-state index in [9.17, 15) is 19.5 Å². The molecule has 2 atom stereocenters. The van der Waals surface area contributed by atoms with Crippen molar-refractivity contribution in [2.75, 3.05) is 5.32 Å². The first-order valence-electron chi connectivity index (χ1n) is 7.41. The highest BCUT2D eigenvalue weighted by Gasteiger charge is 2.40. The Bertz CT molecular complexity index is 787. The van der Waals surface area contributed by atoms with Crippen molar-refractivity contribution in [3.63, 3.8) is 0 Å². The first kappa shape index (κ1) is 15.7. The fourth-order valence-electron chi connectivity index (χ4n) is 2.69. The van der Waals surface area contributed by atoms with Crippen LogP contribution in [0.4, 0.5) is 5.69 Å². The maximum atomic E-state index is 12.5. The average Bonchev–Trinajstić information content (AvgIpc) is 2.98. The standard InChI is InChI=1S/C18H15NO5/c20-15-10-14(16(24-15)11-5-2-1-3-6-11)17(21)19-13-8-4-7-12(9-13)18(22)23/h1-9,14,16H,10H2,(H,19,21)(H,22,23)/p-1/t14-,16+/m0/s1. The molecule has 1 saturated heterocycles. The summed E-state index contributed by atoms with van der Waals surface area (Å²) >= 11 is 0. The summed E-state index contributed by atoms with van der Waals surface area (Å²) in [6.07, 6.45) is -0.672. The number of benzene rings is 2. The van der Waals surface area contributed by atoms with Gasteiger partial charge in [0.2, 0.25) is 5.91 Å². The van der Waals surface area contributed by atoms with Crippen LogP contribution in [0.5, 0.6) is 0 Å². The molecule has 3 rings (SSSR count). The van der Waals surface area contributed by atoms with Crippen LogP contribution in [-0.2, 0) is 14.3 Å². The maximum Gasteiger partial charge on any atom is 0.307 e. The molecule has 1 aliphatic rings. The second-order valence-corrected chi connectivity index (χ2v) is 5.49. The molecule has 0 saturated carbocycles. The van der Waals surface area contributed by atoms with Gasteiger partial charge in [-0.2, -0.15) is 0 Å². The van der Waals surface area contributed by atoms with Gasteiger partial charge < -0.3 is 20.0 Å². The Morgan fingerprint density at radius 3 is 2.54 bits per heavy atom. The molecule has 0 aliphatic carbocycles. The van der Waals surface area contributed by atoms with Crippen molar-refractivity contribution in [3.05, 3.63) is 65.7 Å². The van der Waals surface area contributed by atoms with E-state index in [0.717, 1.165) is 5.56 Å². The number of rotatable bonds is 4. The average molecular weight is 324 g/mol. The zero-order valence-corrected chi connectivity index (χ0v) is 12.6. The minimum Gasteiger partial charge on any atom is -0.545 e. The third-order valence-corrected chi connectivity index (χ3v) is 3.84. The molecule has 0 spiro atoms. The summed E-state index contributed by atoms with van der Waals surface area (Å²) in [4.78, 5) is 35.1. The predicted molar refractivity (Wildman–Crippen MR) is 82.8 cm³/mol. The van der Waals surface area contributed by atoms with E-state index in [1.807, 2.05) is 6.07 Å². The van der Waals surface area contributed by atoms with E-state index in [0.29, 0.717) is 5.69 Å². The van der Waals surface area contributed by atoms with E-state index >= 15 is 0 Å². The van der Waals surface area contributed by atoms with E-state index in [1.165, 1.54) is 18.2 Å². The summed E-state index contributed by atoms with van der Waals surface area (Å²) in [5.41, 5.74) is 1.03. The Hall–Kier alpha value is -3.15. The summed E-state index contributed by atoms with van der Waals surface area (Å²) in [7, 11) is 0. The number of aromatic carboxylic acids is 1. The van der Waals surface area contributed by atoms with E-state index < -0.39 is 29.9 Å². The van der Waals surface area contributed by atoms with Crippen LogP contribution in [0.2, 0.25) is 0 Å². The maximum absolute atomic E-state index is 12.5. The van der Waals surface area contributed by atoms with Gasteiger partial charge in [-0.25, -0.2) is 0 Å². The molecule has 1 fully saturated rings. The number of carbonyl (C=O) groups is 3. The minimum absolute atomic E-state index is 0.0223. The first-order chi connectivity index (χ1) is 11.5. The van der Waals surface area contributed by atoms with Crippen molar-refractivity contribution >= 4 is 23.5 Å². The van der Waals surface area contributed by atoms with E-state index in [2.05, 4.69) is 5.32 Å². The Morgan fingerprint density at radius 2 is 1.83 bits per heavy atom. The highest BCUT2D eigenvalue weighted by Crippen LogP contribution is 2.36. The number of hydrogen-bond acceptors (Lipinski definition) is 5. The molecule has 1 N–H and O–H groups in total. The van der Waals surface area contributed by atoms with Crippen LogP contribution < -0.4 is 10.4 Å². The molecular formula is C18H14NO5-.